The molecule has 0 aliphatic rings. The number of sulfone groups is 1. The minimum atomic E-state index is -3.95. The molecule has 0 aromatic heterocycles. The number of halogens is 1. The number of nitrogens with one attached hydrogen (secondary N) is 1. The van der Waals surface area contributed by atoms with Crippen LogP contribution in [0.15, 0.2) is 23.1 Å². The Kier molecular flexibility index (Phi) is 5.14. The van der Waals surface area contributed by atoms with E-state index >= 15 is 0 Å². The number of hydrogen-bond acceptors (Lipinski definition) is 5. The third kappa shape index (κ3) is 5.08. The first-order chi connectivity index (χ1) is 9.00. The number of carbonyl (C=O) groups excluding carboxylic acids is 1. The number of primary sulfonamides is 1. The first-order valence-electron chi connectivity index (χ1n) is 5.29. The van der Waals surface area contributed by atoms with Crippen LogP contribution in [0.1, 0.15) is 10.4 Å². The highest BCUT2D eigenvalue weighted by atomic mass is 35.5. The molecule has 0 saturated heterocycles. The van der Waals surface area contributed by atoms with Crippen LogP contribution in [0, 0.1) is 0 Å². The summed E-state index contributed by atoms with van der Waals surface area (Å²) in [6.07, 6.45) is 1.04. The monoisotopic (exact) mass is 340 g/mol. The number of rotatable bonds is 5. The maximum absolute atomic E-state index is 11.8. The van der Waals surface area contributed by atoms with Gasteiger partial charge in [-0.1, -0.05) is 11.6 Å². The number of amides is 1. The lowest BCUT2D eigenvalue weighted by molar-refractivity contribution is 0.0956. The quantitative estimate of drug-likeness (QED) is 0.765. The van der Waals surface area contributed by atoms with Gasteiger partial charge in [-0.25, -0.2) is 22.0 Å². The molecule has 0 bridgehead atoms. The van der Waals surface area contributed by atoms with Gasteiger partial charge in [-0.05, 0) is 18.2 Å². The van der Waals surface area contributed by atoms with Crippen LogP contribution in [-0.4, -0.2) is 41.3 Å². The van der Waals surface area contributed by atoms with Crippen molar-refractivity contribution in [2.45, 2.75) is 4.90 Å². The molecule has 0 saturated carbocycles. The van der Waals surface area contributed by atoms with Gasteiger partial charge in [0.2, 0.25) is 10.0 Å². The Morgan fingerprint density at radius 2 is 1.90 bits per heavy atom. The Bertz CT molecular complexity index is 728. The van der Waals surface area contributed by atoms with Crippen LogP contribution >= 0.6 is 11.6 Å². The van der Waals surface area contributed by atoms with E-state index in [9.17, 15) is 21.6 Å². The summed E-state index contributed by atoms with van der Waals surface area (Å²) in [4.78, 5) is 11.6. The molecule has 1 rings (SSSR count). The summed E-state index contributed by atoms with van der Waals surface area (Å²) in [5.74, 6) is -0.908. The highest BCUT2D eigenvalue weighted by Crippen LogP contribution is 2.19. The molecule has 0 fully saturated rings. The molecule has 1 aromatic carbocycles. The molecule has 0 unspecified atom stereocenters. The summed E-state index contributed by atoms with van der Waals surface area (Å²) in [5.41, 5.74) is -0.0910. The topological polar surface area (TPSA) is 123 Å². The van der Waals surface area contributed by atoms with E-state index < -0.39 is 25.8 Å². The molecule has 112 valence electrons. The second-order valence-electron chi connectivity index (χ2n) is 4.07. The van der Waals surface area contributed by atoms with E-state index in [2.05, 4.69) is 5.32 Å². The van der Waals surface area contributed by atoms with Gasteiger partial charge in [-0.15, -0.1) is 0 Å². The average molecular weight is 341 g/mol. The Morgan fingerprint density at radius 3 is 2.40 bits per heavy atom. The van der Waals surface area contributed by atoms with Crippen LogP contribution in [0.3, 0.4) is 0 Å². The molecule has 0 radical (unpaired) electrons. The van der Waals surface area contributed by atoms with Crippen LogP contribution in [0.25, 0.3) is 0 Å². The third-order valence-corrected chi connectivity index (χ3v) is 4.46. The number of carbonyl (C=O) groups is 1. The average Bonchev–Trinajstić information content (AvgIpc) is 2.25. The summed E-state index contributed by atoms with van der Waals surface area (Å²) in [5, 5.41) is 7.32. The van der Waals surface area contributed by atoms with Crippen molar-refractivity contribution in [3.63, 3.8) is 0 Å². The zero-order valence-corrected chi connectivity index (χ0v) is 12.8. The van der Waals surface area contributed by atoms with Crippen molar-refractivity contribution >= 4 is 37.4 Å². The maximum atomic E-state index is 11.8. The summed E-state index contributed by atoms with van der Waals surface area (Å²) >= 11 is 5.80. The largest absolute Gasteiger partial charge is 0.351 e. The fourth-order valence-electron chi connectivity index (χ4n) is 1.30. The highest BCUT2D eigenvalue weighted by molar-refractivity contribution is 7.90. The van der Waals surface area contributed by atoms with Crippen molar-refractivity contribution in [1.29, 1.82) is 0 Å². The highest BCUT2D eigenvalue weighted by Gasteiger charge is 2.16. The van der Waals surface area contributed by atoms with E-state index in [0.29, 0.717) is 0 Å². The van der Waals surface area contributed by atoms with Crippen molar-refractivity contribution < 1.29 is 21.6 Å². The lowest BCUT2D eigenvalue weighted by atomic mass is 10.2. The second-order valence-corrected chi connectivity index (χ2v) is 8.30. The molecule has 0 heterocycles. The van der Waals surface area contributed by atoms with Gasteiger partial charge in [-0.2, -0.15) is 0 Å². The molecule has 10 heteroatoms. The summed E-state index contributed by atoms with van der Waals surface area (Å²) in [6.45, 7) is -0.104. The predicted octanol–water partition coefficient (Wildman–Crippen LogP) is -0.238. The van der Waals surface area contributed by atoms with E-state index in [1.54, 1.807) is 0 Å². The molecular formula is C10H13ClN2O5S2. The van der Waals surface area contributed by atoms with Gasteiger partial charge in [0.1, 0.15) is 9.84 Å². The fourth-order valence-corrected chi connectivity index (χ4v) is 2.52. The number of nitrogens with two attached hydrogens (primary N) is 1. The molecule has 1 amide bonds. The molecule has 3 N–H and O–H groups in total. The lowest BCUT2D eigenvalue weighted by Crippen LogP contribution is -2.29. The van der Waals surface area contributed by atoms with Crippen molar-refractivity contribution in [2.75, 3.05) is 18.6 Å². The Labute approximate surface area is 122 Å². The maximum Gasteiger partial charge on any atom is 0.252 e. The smallest absolute Gasteiger partial charge is 0.252 e. The van der Waals surface area contributed by atoms with Gasteiger partial charge in [0.15, 0.2) is 0 Å². The van der Waals surface area contributed by atoms with E-state index in [0.717, 1.165) is 12.3 Å². The molecule has 0 atom stereocenters. The standard InChI is InChI=1S/C10H13ClN2O5S2/c1-19(15,16)5-4-13-10(14)8-6-7(20(12,17)18)2-3-9(8)11/h2-3,6H,4-5H2,1H3,(H,13,14)(H2,12,17,18). The van der Waals surface area contributed by atoms with E-state index in [-0.39, 0.29) is 27.8 Å². The van der Waals surface area contributed by atoms with Gasteiger partial charge in [0, 0.05) is 12.8 Å². The Balaban J connectivity index is 2.93. The van der Waals surface area contributed by atoms with Crippen molar-refractivity contribution in [2.24, 2.45) is 5.14 Å². The van der Waals surface area contributed by atoms with Crippen molar-refractivity contribution in [1.82, 2.24) is 5.32 Å². The molecule has 0 aliphatic heterocycles. The van der Waals surface area contributed by atoms with E-state index in [1.165, 1.54) is 12.1 Å². The first kappa shape index (κ1) is 16.9. The lowest BCUT2D eigenvalue weighted by Gasteiger charge is -2.07. The first-order valence-corrected chi connectivity index (χ1v) is 9.27. The zero-order valence-electron chi connectivity index (χ0n) is 10.5. The summed E-state index contributed by atoms with van der Waals surface area (Å²) < 4.78 is 44.2. The minimum absolute atomic E-state index is 0.0363. The normalized spacial score (nSPS) is 12.2. The molecule has 7 nitrogen and oxygen atoms in total. The van der Waals surface area contributed by atoms with Crippen LogP contribution < -0.4 is 10.5 Å². The van der Waals surface area contributed by atoms with Crippen LogP contribution in [0.4, 0.5) is 0 Å². The number of hydrogen-bond donors (Lipinski definition) is 2. The summed E-state index contributed by atoms with van der Waals surface area (Å²) in [6, 6.07) is 3.44. The van der Waals surface area contributed by atoms with Gasteiger partial charge >= 0.3 is 0 Å². The van der Waals surface area contributed by atoms with Gasteiger partial charge in [0.25, 0.3) is 5.91 Å². The van der Waals surface area contributed by atoms with Gasteiger partial charge in [-0.3, -0.25) is 4.79 Å². The van der Waals surface area contributed by atoms with Gasteiger partial charge < -0.3 is 5.32 Å². The minimum Gasteiger partial charge on any atom is -0.351 e. The molecule has 0 spiro atoms. The molecule has 0 aliphatic carbocycles. The zero-order chi connectivity index (χ0) is 15.6. The van der Waals surface area contributed by atoms with Crippen LogP contribution in [0.5, 0.6) is 0 Å². The Hall–Kier alpha value is -1.16. The van der Waals surface area contributed by atoms with E-state index in [4.69, 9.17) is 16.7 Å². The molecular weight excluding hydrogens is 328 g/mol. The molecule has 1 aromatic rings. The SMILES string of the molecule is CS(=O)(=O)CCNC(=O)c1cc(S(N)(=O)=O)ccc1Cl. The predicted molar refractivity (Wildman–Crippen MR) is 74.9 cm³/mol. The molecule has 20 heavy (non-hydrogen) atoms. The number of sulfonamides is 1. The van der Waals surface area contributed by atoms with Gasteiger partial charge in [0.05, 0.1) is 21.2 Å². The van der Waals surface area contributed by atoms with Crippen molar-refractivity contribution in [3.8, 4) is 0 Å². The van der Waals surface area contributed by atoms with Crippen molar-refractivity contribution in [3.05, 3.63) is 28.8 Å². The van der Waals surface area contributed by atoms with Crippen LogP contribution in [0.2, 0.25) is 5.02 Å². The summed E-state index contributed by atoms with van der Waals surface area (Å²) in [7, 11) is -7.16. The Morgan fingerprint density at radius 1 is 1.30 bits per heavy atom. The number of benzene rings is 1. The fraction of sp³-hybridized carbons (Fsp3) is 0.300. The third-order valence-electron chi connectivity index (χ3n) is 2.27. The van der Waals surface area contributed by atoms with Crippen LogP contribution in [-0.2, 0) is 19.9 Å². The second kappa shape index (κ2) is 6.08. The van der Waals surface area contributed by atoms with E-state index in [1.807, 2.05) is 0 Å².